The Morgan fingerprint density at radius 3 is 2.58 bits per heavy atom. The van der Waals surface area contributed by atoms with Gasteiger partial charge in [-0.15, -0.1) is 11.3 Å². The Bertz CT molecular complexity index is 1300. The van der Waals surface area contributed by atoms with Crippen molar-refractivity contribution in [3.63, 3.8) is 0 Å². The second-order valence-corrected chi connectivity index (χ2v) is 9.55. The van der Waals surface area contributed by atoms with Crippen LogP contribution in [0.15, 0.2) is 41.8 Å². The summed E-state index contributed by atoms with van der Waals surface area (Å²) in [6.45, 7) is -0.549. The number of benzene rings is 1. The normalized spacial score (nSPS) is 26.3. The molecule has 3 heterocycles. The zero-order valence-corrected chi connectivity index (χ0v) is 19.1. The van der Waals surface area contributed by atoms with Crippen LogP contribution in [0.2, 0.25) is 0 Å². The van der Waals surface area contributed by atoms with Gasteiger partial charge in [-0.25, -0.2) is 0 Å². The lowest BCUT2D eigenvalue weighted by atomic mass is 9.82. The van der Waals surface area contributed by atoms with E-state index < -0.39 is 37.3 Å². The van der Waals surface area contributed by atoms with Gasteiger partial charge in [-0.1, -0.05) is 42.5 Å². The number of thiophene rings is 1. The third-order valence-corrected chi connectivity index (χ3v) is 7.71. The van der Waals surface area contributed by atoms with E-state index in [0.717, 1.165) is 33.6 Å². The van der Waals surface area contributed by atoms with Gasteiger partial charge in [0.25, 0.3) is 0 Å². The minimum absolute atomic E-state index is 0.167. The molecule has 1 fully saturated rings. The Morgan fingerprint density at radius 1 is 1.09 bits per heavy atom. The number of pyridine rings is 1. The molecule has 0 saturated carbocycles. The molecular formula is C24H22N2O5S2. The van der Waals surface area contributed by atoms with Gasteiger partial charge in [-0.05, 0) is 41.0 Å². The quantitative estimate of drug-likeness (QED) is 0.424. The fourth-order valence-corrected chi connectivity index (χ4v) is 5.99. The summed E-state index contributed by atoms with van der Waals surface area (Å²) in [6, 6.07) is 14.0. The van der Waals surface area contributed by atoms with Crippen molar-refractivity contribution >= 4 is 23.6 Å². The average molecular weight is 483 g/mol. The third-order valence-electron chi connectivity index (χ3n) is 6.43. The lowest BCUT2D eigenvalue weighted by molar-refractivity contribution is -0.251. The number of nitriles is 1. The van der Waals surface area contributed by atoms with E-state index in [2.05, 4.69) is 6.07 Å². The molecular weight excluding hydrogens is 460 g/mol. The number of aliphatic hydroxyl groups excluding tert-OH is 4. The first-order valence-corrected chi connectivity index (χ1v) is 11.9. The SMILES string of the molecule is N#Cc1c2c(c(-c3cccs3)n([C@@H]3O[C@@H](CO)[C@@H](O)[C@@H](O)[C@@H]3O)c1=S)CCc1ccccc1-2. The third kappa shape index (κ3) is 3.47. The Kier molecular flexibility index (Phi) is 5.93. The molecule has 5 atom stereocenters. The zero-order chi connectivity index (χ0) is 23.3. The molecule has 1 aliphatic carbocycles. The van der Waals surface area contributed by atoms with Crippen molar-refractivity contribution in [2.45, 2.75) is 43.5 Å². The Hall–Kier alpha value is -2.42. The van der Waals surface area contributed by atoms with Crippen LogP contribution in [0, 0.1) is 16.0 Å². The molecule has 1 aromatic carbocycles. The van der Waals surface area contributed by atoms with Crippen LogP contribution in [-0.4, -0.2) is 56.0 Å². The summed E-state index contributed by atoms with van der Waals surface area (Å²) in [5.41, 5.74) is 4.80. The molecule has 0 amide bonds. The van der Waals surface area contributed by atoms with Gasteiger partial charge >= 0.3 is 0 Å². The monoisotopic (exact) mass is 482 g/mol. The molecule has 1 aliphatic heterocycles. The Labute approximate surface area is 199 Å². The predicted octanol–water partition coefficient (Wildman–Crippen LogP) is 2.56. The van der Waals surface area contributed by atoms with E-state index in [1.165, 1.54) is 11.3 Å². The maximum atomic E-state index is 10.9. The van der Waals surface area contributed by atoms with Gasteiger partial charge in [0.15, 0.2) is 6.23 Å². The largest absolute Gasteiger partial charge is 0.394 e. The van der Waals surface area contributed by atoms with E-state index in [9.17, 15) is 25.7 Å². The van der Waals surface area contributed by atoms with E-state index >= 15 is 0 Å². The second-order valence-electron chi connectivity index (χ2n) is 8.22. The first-order valence-electron chi connectivity index (χ1n) is 10.6. The van der Waals surface area contributed by atoms with Gasteiger partial charge in [0.2, 0.25) is 0 Å². The van der Waals surface area contributed by atoms with Gasteiger partial charge in [-0.2, -0.15) is 5.26 Å². The molecule has 4 N–H and O–H groups in total. The molecule has 0 spiro atoms. The number of nitrogens with zero attached hydrogens (tertiary/aromatic N) is 2. The number of hydrogen-bond acceptors (Lipinski definition) is 8. The van der Waals surface area contributed by atoms with E-state index in [0.29, 0.717) is 17.7 Å². The molecule has 5 rings (SSSR count). The smallest absolute Gasteiger partial charge is 0.164 e. The van der Waals surface area contributed by atoms with Crippen molar-refractivity contribution in [2.24, 2.45) is 0 Å². The van der Waals surface area contributed by atoms with Crippen molar-refractivity contribution in [2.75, 3.05) is 6.61 Å². The van der Waals surface area contributed by atoms with Crippen LogP contribution in [-0.2, 0) is 17.6 Å². The summed E-state index contributed by atoms with van der Waals surface area (Å²) in [6.07, 6.45) is -5.41. The molecule has 33 heavy (non-hydrogen) atoms. The van der Waals surface area contributed by atoms with Crippen molar-refractivity contribution in [3.8, 4) is 27.8 Å². The number of aliphatic hydroxyl groups is 4. The zero-order valence-electron chi connectivity index (χ0n) is 17.5. The van der Waals surface area contributed by atoms with Gasteiger partial charge < -0.3 is 29.7 Å². The summed E-state index contributed by atoms with van der Waals surface area (Å²) in [5.74, 6) is 0. The molecule has 2 aromatic heterocycles. The van der Waals surface area contributed by atoms with Crippen LogP contribution in [0.25, 0.3) is 21.7 Å². The average Bonchev–Trinajstić information content (AvgIpc) is 3.37. The Morgan fingerprint density at radius 2 is 1.88 bits per heavy atom. The standard InChI is InChI=1S/C24H22N2O5S2/c25-10-15-18-13-5-2-1-4-12(13)7-8-14(18)19(17-6-3-9-33-17)26(24(15)32)23-22(30)21(29)20(28)16(11-27)31-23/h1-6,9,16,20-23,27-30H,7-8,11H2/t16-,20+,21+,22-,23+/m0/s1. The van der Waals surface area contributed by atoms with Crippen molar-refractivity contribution in [1.82, 2.24) is 4.57 Å². The molecule has 170 valence electrons. The van der Waals surface area contributed by atoms with E-state index in [4.69, 9.17) is 17.0 Å². The highest BCUT2D eigenvalue weighted by molar-refractivity contribution is 7.71. The molecule has 7 nitrogen and oxygen atoms in total. The van der Waals surface area contributed by atoms with Gasteiger partial charge in [0.05, 0.1) is 22.7 Å². The molecule has 3 aromatic rings. The van der Waals surface area contributed by atoms with Crippen LogP contribution >= 0.6 is 23.6 Å². The molecule has 2 aliphatic rings. The number of hydrogen-bond donors (Lipinski definition) is 4. The Balaban J connectivity index is 1.84. The molecule has 0 radical (unpaired) electrons. The fourth-order valence-electron chi connectivity index (χ4n) is 4.85. The second kappa shape index (κ2) is 8.74. The highest BCUT2D eigenvalue weighted by Gasteiger charge is 2.45. The molecule has 9 heteroatoms. The predicted molar refractivity (Wildman–Crippen MR) is 125 cm³/mol. The van der Waals surface area contributed by atoms with Crippen LogP contribution in [0.3, 0.4) is 0 Å². The summed E-state index contributed by atoms with van der Waals surface area (Å²) >= 11 is 7.28. The van der Waals surface area contributed by atoms with Gasteiger partial charge in [0, 0.05) is 5.56 Å². The minimum Gasteiger partial charge on any atom is -0.394 e. The number of aryl methyl sites for hydroxylation is 1. The van der Waals surface area contributed by atoms with Crippen molar-refractivity contribution in [3.05, 3.63) is 63.1 Å². The lowest BCUT2D eigenvalue weighted by Crippen LogP contribution is -2.56. The fraction of sp³-hybridized carbons (Fsp3) is 0.333. The highest BCUT2D eigenvalue weighted by atomic mass is 32.1. The number of fused-ring (bicyclic) bond motifs is 3. The lowest BCUT2D eigenvalue weighted by Gasteiger charge is -2.42. The summed E-state index contributed by atoms with van der Waals surface area (Å²) in [5, 5.41) is 53.3. The molecule has 1 saturated heterocycles. The summed E-state index contributed by atoms with van der Waals surface area (Å²) < 4.78 is 7.62. The summed E-state index contributed by atoms with van der Waals surface area (Å²) in [4.78, 5) is 0.873. The number of ether oxygens (including phenoxy) is 1. The number of rotatable bonds is 3. The molecule has 0 bridgehead atoms. The first kappa shape index (κ1) is 22.4. The van der Waals surface area contributed by atoms with Crippen LogP contribution in [0.1, 0.15) is 22.9 Å². The molecule has 0 unspecified atom stereocenters. The van der Waals surface area contributed by atoms with Gasteiger partial charge in [-0.3, -0.25) is 0 Å². The maximum Gasteiger partial charge on any atom is 0.164 e. The van der Waals surface area contributed by atoms with E-state index in [1.54, 1.807) is 4.57 Å². The van der Waals surface area contributed by atoms with E-state index in [1.807, 2.05) is 41.8 Å². The topological polar surface area (TPSA) is 119 Å². The first-order chi connectivity index (χ1) is 16.0. The van der Waals surface area contributed by atoms with Crippen molar-refractivity contribution in [1.29, 1.82) is 5.26 Å². The van der Waals surface area contributed by atoms with Crippen LogP contribution in [0.4, 0.5) is 0 Å². The van der Waals surface area contributed by atoms with Gasteiger partial charge in [0.1, 0.15) is 35.1 Å². The van der Waals surface area contributed by atoms with Crippen LogP contribution < -0.4 is 0 Å². The minimum atomic E-state index is -1.55. The van der Waals surface area contributed by atoms with E-state index in [-0.39, 0.29) is 4.64 Å². The maximum absolute atomic E-state index is 10.9. The van der Waals surface area contributed by atoms with Crippen LogP contribution in [0.5, 0.6) is 0 Å². The highest BCUT2D eigenvalue weighted by Crippen LogP contribution is 2.45. The van der Waals surface area contributed by atoms with Crippen molar-refractivity contribution < 1.29 is 25.2 Å². The number of aromatic nitrogens is 1. The summed E-state index contributed by atoms with van der Waals surface area (Å²) in [7, 11) is 0.